The molecule has 15 heavy (non-hydrogen) atoms. The summed E-state index contributed by atoms with van der Waals surface area (Å²) in [6.07, 6.45) is 0. The molecular formula is C10H6ClNO3. The molecule has 4 nitrogen and oxygen atoms in total. The number of phenols is 1. The number of benzene rings is 1. The van der Waals surface area contributed by atoms with Gasteiger partial charge in [0.1, 0.15) is 10.9 Å². The van der Waals surface area contributed by atoms with Crippen LogP contribution in [0.3, 0.4) is 0 Å². The van der Waals surface area contributed by atoms with Crippen molar-refractivity contribution < 1.29 is 15.0 Å². The van der Waals surface area contributed by atoms with E-state index in [9.17, 15) is 9.90 Å². The van der Waals surface area contributed by atoms with Crippen LogP contribution in [0.5, 0.6) is 5.75 Å². The van der Waals surface area contributed by atoms with Gasteiger partial charge in [0.25, 0.3) is 0 Å². The fourth-order valence-corrected chi connectivity index (χ4v) is 1.51. The third-order valence-corrected chi connectivity index (χ3v) is 2.27. The zero-order valence-electron chi connectivity index (χ0n) is 7.44. The SMILES string of the molecule is O=C(O)c1cc2ccc(O)cc2nc1Cl. The van der Waals surface area contributed by atoms with Gasteiger partial charge in [-0.1, -0.05) is 11.6 Å². The molecule has 2 aromatic rings. The summed E-state index contributed by atoms with van der Waals surface area (Å²) in [6.45, 7) is 0. The number of halogens is 1. The molecule has 0 radical (unpaired) electrons. The maximum absolute atomic E-state index is 10.8. The quantitative estimate of drug-likeness (QED) is 0.728. The molecular weight excluding hydrogens is 218 g/mol. The number of aromatic hydroxyl groups is 1. The molecule has 0 saturated heterocycles. The van der Waals surface area contributed by atoms with Crippen LogP contribution in [0.2, 0.25) is 5.15 Å². The van der Waals surface area contributed by atoms with Crippen LogP contribution in [-0.2, 0) is 0 Å². The molecule has 0 atom stereocenters. The predicted molar refractivity (Wildman–Crippen MR) is 55.4 cm³/mol. The zero-order valence-corrected chi connectivity index (χ0v) is 8.19. The molecule has 2 N–H and O–H groups in total. The molecule has 5 heteroatoms. The highest BCUT2D eigenvalue weighted by atomic mass is 35.5. The van der Waals surface area contributed by atoms with Crippen LogP contribution < -0.4 is 0 Å². The fraction of sp³-hybridized carbons (Fsp3) is 0. The van der Waals surface area contributed by atoms with E-state index in [1.165, 1.54) is 18.2 Å². The van der Waals surface area contributed by atoms with Crippen LogP contribution in [0.4, 0.5) is 0 Å². The number of pyridine rings is 1. The van der Waals surface area contributed by atoms with Crippen LogP contribution in [0.15, 0.2) is 24.3 Å². The lowest BCUT2D eigenvalue weighted by atomic mass is 10.1. The second-order valence-corrected chi connectivity index (χ2v) is 3.37. The van der Waals surface area contributed by atoms with Gasteiger partial charge in [-0.25, -0.2) is 9.78 Å². The first-order valence-corrected chi connectivity index (χ1v) is 4.48. The van der Waals surface area contributed by atoms with Gasteiger partial charge in [-0.15, -0.1) is 0 Å². The zero-order chi connectivity index (χ0) is 11.0. The molecule has 0 spiro atoms. The summed E-state index contributed by atoms with van der Waals surface area (Å²) >= 11 is 5.68. The van der Waals surface area contributed by atoms with Crippen molar-refractivity contribution >= 4 is 28.5 Å². The minimum atomic E-state index is -1.12. The number of aromatic nitrogens is 1. The van der Waals surface area contributed by atoms with E-state index in [2.05, 4.69) is 4.98 Å². The summed E-state index contributed by atoms with van der Waals surface area (Å²) in [5.41, 5.74) is 0.417. The minimum absolute atomic E-state index is 0.0464. The average Bonchev–Trinajstić information content (AvgIpc) is 2.15. The van der Waals surface area contributed by atoms with Gasteiger partial charge in [0.05, 0.1) is 11.1 Å². The van der Waals surface area contributed by atoms with E-state index in [1.54, 1.807) is 6.07 Å². The number of aromatic carboxylic acids is 1. The van der Waals surface area contributed by atoms with Crippen LogP contribution in [0.1, 0.15) is 10.4 Å². The molecule has 0 fully saturated rings. The van der Waals surface area contributed by atoms with Crippen molar-refractivity contribution in [2.75, 3.05) is 0 Å². The lowest BCUT2D eigenvalue weighted by Gasteiger charge is -2.02. The first kappa shape index (κ1) is 9.73. The van der Waals surface area contributed by atoms with Gasteiger partial charge in [-0.3, -0.25) is 0 Å². The number of hydrogen-bond acceptors (Lipinski definition) is 3. The van der Waals surface area contributed by atoms with Crippen LogP contribution >= 0.6 is 11.6 Å². The summed E-state index contributed by atoms with van der Waals surface area (Å²) in [6, 6.07) is 5.89. The van der Waals surface area contributed by atoms with Crippen molar-refractivity contribution in [1.82, 2.24) is 4.98 Å². The molecule has 0 amide bonds. The Morgan fingerprint density at radius 1 is 1.33 bits per heavy atom. The topological polar surface area (TPSA) is 70.4 Å². The number of carboxylic acids is 1. The molecule has 1 aromatic heterocycles. The number of carboxylic acid groups (broad SMARTS) is 1. The number of nitrogens with zero attached hydrogens (tertiary/aromatic N) is 1. The Morgan fingerprint density at radius 3 is 2.73 bits per heavy atom. The van der Waals surface area contributed by atoms with Crippen LogP contribution in [0, 0.1) is 0 Å². The largest absolute Gasteiger partial charge is 0.508 e. The lowest BCUT2D eigenvalue weighted by Crippen LogP contribution is -1.99. The summed E-state index contributed by atoms with van der Waals surface area (Å²) in [7, 11) is 0. The van der Waals surface area contributed by atoms with Gasteiger partial charge in [0, 0.05) is 11.5 Å². The molecule has 0 saturated carbocycles. The highest BCUT2D eigenvalue weighted by Crippen LogP contribution is 2.23. The molecule has 1 aromatic carbocycles. The third-order valence-electron chi connectivity index (χ3n) is 1.99. The Hall–Kier alpha value is -1.81. The molecule has 0 aliphatic carbocycles. The Balaban J connectivity index is 2.76. The van der Waals surface area contributed by atoms with Crippen molar-refractivity contribution in [3.05, 3.63) is 35.0 Å². The van der Waals surface area contributed by atoms with Gasteiger partial charge in [-0.05, 0) is 18.2 Å². The molecule has 1 heterocycles. The summed E-state index contributed by atoms with van der Waals surface area (Å²) < 4.78 is 0. The van der Waals surface area contributed by atoms with E-state index in [4.69, 9.17) is 16.7 Å². The number of hydrogen-bond donors (Lipinski definition) is 2. The van der Waals surface area contributed by atoms with Gasteiger partial charge in [0.15, 0.2) is 0 Å². The molecule has 0 aliphatic rings. The van der Waals surface area contributed by atoms with E-state index in [0.29, 0.717) is 10.9 Å². The monoisotopic (exact) mass is 223 g/mol. The number of carbonyl (C=O) groups is 1. The van der Waals surface area contributed by atoms with Crippen molar-refractivity contribution in [2.45, 2.75) is 0 Å². The minimum Gasteiger partial charge on any atom is -0.508 e. The maximum Gasteiger partial charge on any atom is 0.338 e. The van der Waals surface area contributed by atoms with Crippen molar-refractivity contribution in [2.24, 2.45) is 0 Å². The Bertz CT molecular complexity index is 554. The van der Waals surface area contributed by atoms with E-state index in [0.717, 1.165) is 0 Å². The van der Waals surface area contributed by atoms with Crippen molar-refractivity contribution in [3.8, 4) is 5.75 Å². The van der Waals surface area contributed by atoms with Gasteiger partial charge in [-0.2, -0.15) is 0 Å². The van der Waals surface area contributed by atoms with Gasteiger partial charge in [0.2, 0.25) is 0 Å². The first-order valence-electron chi connectivity index (χ1n) is 4.10. The van der Waals surface area contributed by atoms with Crippen molar-refractivity contribution in [1.29, 1.82) is 0 Å². The second kappa shape index (κ2) is 3.40. The van der Waals surface area contributed by atoms with Gasteiger partial charge < -0.3 is 10.2 Å². The lowest BCUT2D eigenvalue weighted by molar-refractivity contribution is 0.0697. The number of rotatable bonds is 1. The van der Waals surface area contributed by atoms with E-state index >= 15 is 0 Å². The molecule has 76 valence electrons. The molecule has 0 bridgehead atoms. The number of fused-ring (bicyclic) bond motifs is 1. The van der Waals surface area contributed by atoms with E-state index < -0.39 is 5.97 Å². The van der Waals surface area contributed by atoms with Crippen LogP contribution in [0.25, 0.3) is 10.9 Å². The summed E-state index contributed by atoms with van der Waals surface area (Å²) in [4.78, 5) is 14.6. The smallest absolute Gasteiger partial charge is 0.338 e. The first-order chi connectivity index (χ1) is 7.08. The standard InChI is InChI=1S/C10H6ClNO3/c11-9-7(10(14)15)3-5-1-2-6(13)4-8(5)12-9/h1-4,13H,(H,14,15). The maximum atomic E-state index is 10.8. The molecule has 0 aliphatic heterocycles. The fourth-order valence-electron chi connectivity index (χ4n) is 1.28. The Kier molecular flexibility index (Phi) is 2.21. The van der Waals surface area contributed by atoms with Crippen molar-refractivity contribution in [3.63, 3.8) is 0 Å². The predicted octanol–water partition coefficient (Wildman–Crippen LogP) is 2.29. The molecule has 2 rings (SSSR count). The highest BCUT2D eigenvalue weighted by molar-refractivity contribution is 6.32. The van der Waals surface area contributed by atoms with E-state index in [-0.39, 0.29) is 16.5 Å². The average molecular weight is 224 g/mol. The highest BCUT2D eigenvalue weighted by Gasteiger charge is 2.11. The summed E-state index contributed by atoms with van der Waals surface area (Å²) in [5, 5.41) is 18.5. The van der Waals surface area contributed by atoms with Crippen LogP contribution in [-0.4, -0.2) is 21.2 Å². The third kappa shape index (κ3) is 1.71. The Morgan fingerprint density at radius 2 is 2.07 bits per heavy atom. The molecule has 0 unspecified atom stereocenters. The second-order valence-electron chi connectivity index (χ2n) is 3.01. The Labute approximate surface area is 89.8 Å². The number of phenolic OH excluding ortho intramolecular Hbond substituents is 1. The van der Waals surface area contributed by atoms with E-state index in [1.807, 2.05) is 0 Å². The normalized spacial score (nSPS) is 10.5. The van der Waals surface area contributed by atoms with Gasteiger partial charge >= 0.3 is 5.97 Å². The summed E-state index contributed by atoms with van der Waals surface area (Å²) in [5.74, 6) is -1.06.